The van der Waals surface area contributed by atoms with Gasteiger partial charge in [0.2, 0.25) is 10.0 Å². The van der Waals surface area contributed by atoms with Crippen molar-refractivity contribution in [3.8, 4) is 0 Å². The smallest absolute Gasteiger partial charge is 0.244 e. The lowest BCUT2D eigenvalue weighted by Crippen LogP contribution is -2.43. The minimum atomic E-state index is -3.87. The van der Waals surface area contributed by atoms with Crippen molar-refractivity contribution in [1.82, 2.24) is 9.71 Å². The lowest BCUT2D eigenvalue weighted by molar-refractivity contribution is 0.517. The maximum absolute atomic E-state index is 12.2. The van der Waals surface area contributed by atoms with Crippen LogP contribution >= 0.6 is 0 Å². The summed E-state index contributed by atoms with van der Waals surface area (Å²) in [5.74, 6) is 5.18. The molecule has 1 atom stereocenters. The average molecular weight is 320 g/mol. The van der Waals surface area contributed by atoms with Crippen molar-refractivity contribution < 1.29 is 16.8 Å². The Morgan fingerprint density at radius 3 is 2.80 bits per heavy atom. The van der Waals surface area contributed by atoms with Crippen LogP contribution in [0.2, 0.25) is 0 Å². The number of hydrogen-bond donors (Lipinski definition) is 3. The highest BCUT2D eigenvalue weighted by atomic mass is 32.2. The van der Waals surface area contributed by atoms with Gasteiger partial charge in [-0.2, -0.15) is 0 Å². The van der Waals surface area contributed by atoms with Gasteiger partial charge in [0.25, 0.3) is 0 Å². The molecule has 2 heterocycles. The van der Waals surface area contributed by atoms with Crippen molar-refractivity contribution >= 4 is 25.5 Å². The summed E-state index contributed by atoms with van der Waals surface area (Å²) in [7, 11) is -7.06. The summed E-state index contributed by atoms with van der Waals surface area (Å²) < 4.78 is 50.0. The zero-order valence-corrected chi connectivity index (χ0v) is 12.2. The standard InChI is InChI=1S/C10H16N4O4S2/c11-13-9-3-4-12-6-10(9)20(17,18)14-8-2-1-5-19(15,16)7-8/h3-4,6,8,14H,1-2,5,7,11H2,(H,12,13). The summed E-state index contributed by atoms with van der Waals surface area (Å²) in [5.41, 5.74) is 2.48. The molecule has 1 unspecified atom stereocenters. The summed E-state index contributed by atoms with van der Waals surface area (Å²) in [6.07, 6.45) is 3.50. The fourth-order valence-corrected chi connectivity index (χ4v) is 5.24. The third kappa shape index (κ3) is 3.45. The summed E-state index contributed by atoms with van der Waals surface area (Å²) in [5, 5.41) is 0. The lowest BCUT2D eigenvalue weighted by atomic mass is 10.2. The molecular weight excluding hydrogens is 304 g/mol. The number of nitrogen functional groups attached to an aromatic ring is 1. The van der Waals surface area contributed by atoms with Gasteiger partial charge in [0, 0.05) is 18.4 Å². The molecule has 0 bridgehead atoms. The van der Waals surface area contributed by atoms with Gasteiger partial charge in [-0.15, -0.1) is 0 Å². The van der Waals surface area contributed by atoms with Crippen LogP contribution in [0.25, 0.3) is 0 Å². The first-order valence-corrected chi connectivity index (χ1v) is 9.28. The quantitative estimate of drug-likeness (QED) is 0.490. The molecule has 10 heteroatoms. The zero-order valence-electron chi connectivity index (χ0n) is 10.6. The largest absolute Gasteiger partial charge is 0.323 e. The zero-order chi connectivity index (χ0) is 14.8. The number of rotatable bonds is 4. The fourth-order valence-electron chi connectivity index (χ4n) is 2.11. The number of hydrazine groups is 1. The molecule has 20 heavy (non-hydrogen) atoms. The molecule has 0 amide bonds. The number of sulfonamides is 1. The average Bonchev–Trinajstić information content (AvgIpc) is 2.37. The minimum Gasteiger partial charge on any atom is -0.323 e. The third-order valence-electron chi connectivity index (χ3n) is 3.01. The van der Waals surface area contributed by atoms with Crippen LogP contribution in [0, 0.1) is 0 Å². The van der Waals surface area contributed by atoms with E-state index in [1.165, 1.54) is 12.3 Å². The molecule has 0 saturated carbocycles. The van der Waals surface area contributed by atoms with E-state index in [2.05, 4.69) is 15.1 Å². The predicted molar refractivity (Wildman–Crippen MR) is 74.0 cm³/mol. The van der Waals surface area contributed by atoms with Crippen molar-refractivity contribution in [3.63, 3.8) is 0 Å². The second kappa shape index (κ2) is 5.64. The van der Waals surface area contributed by atoms with Gasteiger partial charge in [-0.3, -0.25) is 10.8 Å². The molecule has 2 rings (SSSR count). The molecule has 1 fully saturated rings. The first-order chi connectivity index (χ1) is 9.34. The molecule has 0 aliphatic carbocycles. The SMILES string of the molecule is NNc1ccncc1S(=O)(=O)NC1CCCS(=O)(=O)C1. The van der Waals surface area contributed by atoms with Crippen molar-refractivity contribution in [1.29, 1.82) is 0 Å². The van der Waals surface area contributed by atoms with Crippen molar-refractivity contribution in [2.24, 2.45) is 5.84 Å². The van der Waals surface area contributed by atoms with Gasteiger partial charge >= 0.3 is 0 Å². The van der Waals surface area contributed by atoms with E-state index in [1.54, 1.807) is 0 Å². The minimum absolute atomic E-state index is 0.105. The lowest BCUT2D eigenvalue weighted by Gasteiger charge is -2.23. The van der Waals surface area contributed by atoms with Crippen molar-refractivity contribution in [3.05, 3.63) is 18.5 Å². The number of sulfone groups is 1. The van der Waals surface area contributed by atoms with Gasteiger partial charge in [0.15, 0.2) is 9.84 Å². The van der Waals surface area contributed by atoms with Gasteiger partial charge in [-0.1, -0.05) is 0 Å². The first kappa shape index (κ1) is 15.2. The fraction of sp³-hybridized carbons (Fsp3) is 0.500. The number of nitrogens with one attached hydrogen (secondary N) is 2. The van der Waals surface area contributed by atoms with E-state index in [0.29, 0.717) is 12.8 Å². The van der Waals surface area contributed by atoms with E-state index < -0.39 is 25.9 Å². The summed E-state index contributed by atoms with van der Waals surface area (Å²) >= 11 is 0. The number of nitrogens with two attached hydrogens (primary N) is 1. The normalized spacial score (nSPS) is 22.4. The van der Waals surface area contributed by atoms with E-state index in [9.17, 15) is 16.8 Å². The van der Waals surface area contributed by atoms with Gasteiger partial charge in [-0.05, 0) is 18.9 Å². The van der Waals surface area contributed by atoms with Gasteiger partial charge in [-0.25, -0.2) is 21.6 Å². The molecule has 1 aromatic rings. The molecule has 0 spiro atoms. The highest BCUT2D eigenvalue weighted by Gasteiger charge is 2.29. The van der Waals surface area contributed by atoms with Crippen molar-refractivity contribution in [2.45, 2.75) is 23.8 Å². The van der Waals surface area contributed by atoms with Crippen LogP contribution in [0.1, 0.15) is 12.8 Å². The monoisotopic (exact) mass is 320 g/mol. The van der Waals surface area contributed by atoms with Crippen LogP contribution < -0.4 is 16.0 Å². The van der Waals surface area contributed by atoms with Crippen LogP contribution in [0.5, 0.6) is 0 Å². The van der Waals surface area contributed by atoms with Crippen molar-refractivity contribution in [2.75, 3.05) is 16.9 Å². The first-order valence-electron chi connectivity index (χ1n) is 5.97. The highest BCUT2D eigenvalue weighted by Crippen LogP contribution is 2.20. The molecule has 0 radical (unpaired) electrons. The Kier molecular flexibility index (Phi) is 4.28. The van der Waals surface area contributed by atoms with Crippen LogP contribution in [-0.2, 0) is 19.9 Å². The highest BCUT2D eigenvalue weighted by molar-refractivity contribution is 7.91. The Morgan fingerprint density at radius 2 is 2.15 bits per heavy atom. The third-order valence-corrected chi connectivity index (χ3v) is 6.38. The molecule has 1 saturated heterocycles. The van der Waals surface area contributed by atoms with Gasteiger partial charge in [0.1, 0.15) is 4.90 Å². The molecule has 1 aliphatic heterocycles. The molecule has 8 nitrogen and oxygen atoms in total. The summed E-state index contributed by atoms with van der Waals surface area (Å²) in [6, 6.07) is 0.802. The number of anilines is 1. The maximum Gasteiger partial charge on any atom is 0.244 e. The van der Waals surface area contributed by atoms with E-state index in [-0.39, 0.29) is 22.1 Å². The van der Waals surface area contributed by atoms with Gasteiger partial charge in [0.05, 0.1) is 17.2 Å². The van der Waals surface area contributed by atoms with Crippen LogP contribution in [0.4, 0.5) is 5.69 Å². The van der Waals surface area contributed by atoms with Crippen LogP contribution in [0.15, 0.2) is 23.4 Å². The van der Waals surface area contributed by atoms with E-state index in [0.717, 1.165) is 6.20 Å². The van der Waals surface area contributed by atoms with E-state index >= 15 is 0 Å². The molecule has 4 N–H and O–H groups in total. The Bertz CT molecular complexity index is 687. The Hall–Kier alpha value is -1.23. The van der Waals surface area contributed by atoms with E-state index in [4.69, 9.17) is 5.84 Å². The Balaban J connectivity index is 2.23. The van der Waals surface area contributed by atoms with Crippen LogP contribution in [0.3, 0.4) is 0 Å². The topological polar surface area (TPSA) is 131 Å². The number of nitrogens with zero attached hydrogens (tertiary/aromatic N) is 1. The summed E-state index contributed by atoms with van der Waals surface area (Å²) in [4.78, 5) is 3.64. The predicted octanol–water partition coefficient (Wildman–Crippen LogP) is -0.777. The second-order valence-corrected chi connectivity index (χ2v) is 8.50. The second-order valence-electron chi connectivity index (χ2n) is 4.59. The molecule has 112 valence electrons. The Labute approximate surface area is 117 Å². The summed E-state index contributed by atoms with van der Waals surface area (Å²) in [6.45, 7) is 0. The molecule has 1 aliphatic rings. The number of hydrogen-bond acceptors (Lipinski definition) is 7. The number of aromatic nitrogens is 1. The Morgan fingerprint density at radius 1 is 1.40 bits per heavy atom. The van der Waals surface area contributed by atoms with E-state index in [1.807, 2.05) is 0 Å². The molecular formula is C10H16N4O4S2. The van der Waals surface area contributed by atoms with Crippen LogP contribution in [-0.4, -0.2) is 39.4 Å². The number of pyridine rings is 1. The maximum atomic E-state index is 12.2. The molecule has 1 aromatic heterocycles. The molecule has 0 aromatic carbocycles. The van der Waals surface area contributed by atoms with Gasteiger partial charge < -0.3 is 5.43 Å².